The molecule has 0 saturated carbocycles. The highest BCUT2D eigenvalue weighted by Crippen LogP contribution is 2.68. The molecule has 7 rings (SSSR count). The number of fused-ring (bicyclic) bond motifs is 1. The van der Waals surface area contributed by atoms with Crippen molar-refractivity contribution < 1.29 is 40.2 Å². The van der Waals surface area contributed by atoms with Gasteiger partial charge in [-0.25, -0.2) is 0 Å². The van der Waals surface area contributed by atoms with Crippen LogP contribution in [0.25, 0.3) is 52.9 Å². The maximum absolute atomic E-state index is 17.0. The first kappa shape index (κ1) is 42.1. The molecule has 0 saturated heterocycles. The molecule has 2 aromatic carbocycles. The Balaban J connectivity index is 1.64. The van der Waals surface area contributed by atoms with E-state index < -0.39 is 34.5 Å². The number of aryl methyl sites for hydroxylation is 1. The Bertz CT molecular complexity index is 2580. The van der Waals surface area contributed by atoms with E-state index in [1.807, 2.05) is 87.4 Å². The minimum atomic E-state index is -5.82. The van der Waals surface area contributed by atoms with Gasteiger partial charge in [-0.1, -0.05) is 86.6 Å². The van der Waals surface area contributed by atoms with Crippen molar-refractivity contribution in [2.45, 2.75) is 103 Å². The van der Waals surface area contributed by atoms with Crippen LogP contribution in [0.15, 0.2) is 65.1 Å². The number of ether oxygens (including phenoxy) is 2. The molecular formula is C46H46F6O3S3. The fourth-order valence-electron chi connectivity index (χ4n) is 7.22. The van der Waals surface area contributed by atoms with Gasteiger partial charge in [0.25, 0.3) is 0 Å². The average molecular weight is 857 g/mol. The molecule has 3 nitrogen and oxygen atoms in total. The first-order chi connectivity index (χ1) is 26.7. The molecule has 4 heterocycles. The predicted octanol–water partition coefficient (Wildman–Crippen LogP) is 15.7. The summed E-state index contributed by atoms with van der Waals surface area (Å²) in [6.45, 7) is 20.0. The first-order valence-corrected chi connectivity index (χ1v) is 21.2. The Kier molecular flexibility index (Phi) is 10.0. The first-order valence-electron chi connectivity index (χ1n) is 18.8. The molecule has 0 N–H and O–H groups in total. The highest BCUT2D eigenvalue weighted by atomic mass is 32.1. The zero-order chi connectivity index (χ0) is 42.7. The normalized spacial score (nSPS) is 16.8. The molecule has 0 spiro atoms. The van der Waals surface area contributed by atoms with E-state index in [2.05, 4.69) is 0 Å². The van der Waals surface area contributed by atoms with E-state index in [0.29, 0.717) is 14.6 Å². The van der Waals surface area contributed by atoms with Gasteiger partial charge < -0.3 is 13.9 Å². The molecule has 58 heavy (non-hydrogen) atoms. The minimum absolute atomic E-state index is 0.0350. The van der Waals surface area contributed by atoms with Gasteiger partial charge >= 0.3 is 17.8 Å². The van der Waals surface area contributed by atoms with Crippen molar-refractivity contribution in [3.63, 3.8) is 0 Å². The fourth-order valence-corrected chi connectivity index (χ4v) is 11.0. The van der Waals surface area contributed by atoms with E-state index in [-0.39, 0.29) is 60.5 Å². The summed E-state index contributed by atoms with van der Waals surface area (Å²) in [5, 5.41) is -0.111. The average Bonchev–Trinajstić information content (AvgIpc) is 3.94. The molecule has 12 heteroatoms. The van der Waals surface area contributed by atoms with Crippen LogP contribution in [0.2, 0.25) is 0 Å². The van der Waals surface area contributed by atoms with Gasteiger partial charge in [-0.05, 0) is 64.6 Å². The Hall–Kier alpha value is -4.00. The third kappa shape index (κ3) is 6.61. The Morgan fingerprint density at radius 2 is 1.17 bits per heavy atom. The monoisotopic (exact) mass is 856 g/mol. The van der Waals surface area contributed by atoms with Crippen LogP contribution in [0, 0.1) is 6.92 Å². The number of thiophene rings is 3. The molecule has 0 fully saturated rings. The van der Waals surface area contributed by atoms with E-state index in [4.69, 9.17) is 13.9 Å². The summed E-state index contributed by atoms with van der Waals surface area (Å²) >= 11 is 3.93. The van der Waals surface area contributed by atoms with Crippen LogP contribution in [-0.2, 0) is 16.2 Å². The number of methoxy groups -OCH3 is 2. The Labute approximate surface area is 347 Å². The van der Waals surface area contributed by atoms with E-state index >= 15 is 26.3 Å². The number of alkyl halides is 6. The van der Waals surface area contributed by atoms with Gasteiger partial charge in [-0.2, -0.15) is 26.3 Å². The van der Waals surface area contributed by atoms with Crippen molar-refractivity contribution in [2.24, 2.45) is 0 Å². The Morgan fingerprint density at radius 1 is 0.586 bits per heavy atom. The fraction of sp³-hybridized carbons (Fsp3) is 0.391. The van der Waals surface area contributed by atoms with Gasteiger partial charge in [0.15, 0.2) is 11.5 Å². The Morgan fingerprint density at radius 3 is 1.71 bits per heavy atom. The van der Waals surface area contributed by atoms with Crippen molar-refractivity contribution in [3.8, 4) is 42.3 Å². The van der Waals surface area contributed by atoms with E-state index in [1.165, 1.54) is 55.1 Å². The van der Waals surface area contributed by atoms with Gasteiger partial charge in [-0.15, -0.1) is 34.0 Å². The number of rotatable bonds is 7. The number of halogens is 6. The van der Waals surface area contributed by atoms with Crippen LogP contribution >= 0.6 is 34.0 Å². The highest BCUT2D eigenvalue weighted by Gasteiger charge is 2.81. The molecule has 0 atom stereocenters. The number of hydrogen-bond acceptors (Lipinski definition) is 6. The maximum atomic E-state index is 17.0. The minimum Gasteiger partial charge on any atom is -0.493 e. The molecule has 0 radical (unpaired) electrons. The summed E-state index contributed by atoms with van der Waals surface area (Å²) in [7, 11) is 2.70. The highest BCUT2D eigenvalue weighted by molar-refractivity contribution is 7.27. The SMILES string of the molecule is COc1cc2oc(-c3ccc(C(C)(C)C)cc3)c(C3=C(c4cc(-c5ccc(C(C)(C)C)s5)sc4-c4sc(C(C)(C)C)cc4C)C(F)(F)C(F)(F)C3(F)F)c2cc1OC. The van der Waals surface area contributed by atoms with Crippen molar-refractivity contribution in [1.82, 2.24) is 0 Å². The van der Waals surface area contributed by atoms with E-state index in [0.717, 1.165) is 32.2 Å². The van der Waals surface area contributed by atoms with Crippen LogP contribution in [0.3, 0.4) is 0 Å². The number of allylic oxidation sites excluding steroid dienone is 2. The summed E-state index contributed by atoms with van der Waals surface area (Å²) in [6.07, 6.45) is 0. The number of hydrogen-bond donors (Lipinski definition) is 0. The summed E-state index contributed by atoms with van der Waals surface area (Å²) in [5.74, 6) is -16.5. The van der Waals surface area contributed by atoms with Crippen molar-refractivity contribution in [1.29, 1.82) is 0 Å². The lowest BCUT2D eigenvalue weighted by Gasteiger charge is -2.26. The second-order valence-corrected chi connectivity index (χ2v) is 21.1. The second kappa shape index (κ2) is 13.8. The zero-order valence-corrected chi connectivity index (χ0v) is 36.9. The van der Waals surface area contributed by atoms with Gasteiger partial charge in [0, 0.05) is 63.7 Å². The quantitative estimate of drug-likeness (QED) is 0.150. The summed E-state index contributed by atoms with van der Waals surface area (Å²) in [4.78, 5) is 3.91. The molecule has 308 valence electrons. The third-order valence-corrected chi connectivity index (χ3v) is 15.2. The van der Waals surface area contributed by atoms with E-state index in [1.54, 1.807) is 24.3 Å². The van der Waals surface area contributed by atoms with E-state index in [9.17, 15) is 0 Å². The van der Waals surface area contributed by atoms with Crippen molar-refractivity contribution in [2.75, 3.05) is 14.2 Å². The molecule has 1 aliphatic rings. The lowest BCUT2D eigenvalue weighted by molar-refractivity contribution is -0.254. The van der Waals surface area contributed by atoms with Crippen LogP contribution in [0.4, 0.5) is 26.3 Å². The largest absolute Gasteiger partial charge is 0.493 e. The molecule has 0 unspecified atom stereocenters. The molecule has 1 aliphatic carbocycles. The van der Waals surface area contributed by atoms with Gasteiger partial charge in [0.2, 0.25) is 0 Å². The van der Waals surface area contributed by atoms with Crippen LogP contribution in [0.1, 0.15) is 94.3 Å². The number of benzene rings is 2. The molecule has 6 aromatic rings. The lowest BCUT2D eigenvalue weighted by Crippen LogP contribution is -2.48. The van der Waals surface area contributed by atoms with Crippen molar-refractivity contribution in [3.05, 3.63) is 92.7 Å². The van der Waals surface area contributed by atoms with Crippen molar-refractivity contribution >= 4 is 56.1 Å². The van der Waals surface area contributed by atoms with Gasteiger partial charge in [0.1, 0.15) is 11.3 Å². The predicted molar refractivity (Wildman–Crippen MR) is 228 cm³/mol. The third-order valence-electron chi connectivity index (χ3n) is 10.6. The molecule has 0 aliphatic heterocycles. The summed E-state index contributed by atoms with van der Waals surface area (Å²) in [5.41, 5.74) is -2.92. The standard InChI is InChI=1S/C46H46F6O3S3/c1-23-19-34(43(8,9)10)58-39(23)40-27(21-32(57-40)31-17-18-33(56-31)42(5,6)7)36-37(45(49,50)46(51,52)44(36,47)48)35-26-20-29(53-11)30(54-12)22-28(26)55-38(35)24-13-15-25(16-14-24)41(2,3)4/h13-22H,1-12H3. The molecule has 0 bridgehead atoms. The van der Waals surface area contributed by atoms with Crippen LogP contribution in [-0.4, -0.2) is 32.0 Å². The van der Waals surface area contributed by atoms with Crippen LogP contribution < -0.4 is 9.47 Å². The maximum Gasteiger partial charge on any atom is 0.380 e. The zero-order valence-electron chi connectivity index (χ0n) is 34.5. The summed E-state index contributed by atoms with van der Waals surface area (Å²) in [6, 6.07) is 16.6. The van der Waals surface area contributed by atoms with Gasteiger partial charge in [0.05, 0.1) is 19.1 Å². The smallest absolute Gasteiger partial charge is 0.380 e. The topological polar surface area (TPSA) is 31.6 Å². The van der Waals surface area contributed by atoms with Crippen LogP contribution in [0.5, 0.6) is 11.5 Å². The molecule has 4 aromatic heterocycles. The summed E-state index contributed by atoms with van der Waals surface area (Å²) < 4.78 is 118. The molecule has 0 amide bonds. The second-order valence-electron chi connectivity index (χ2n) is 18.0. The molecular weight excluding hydrogens is 811 g/mol. The van der Waals surface area contributed by atoms with Gasteiger partial charge in [-0.3, -0.25) is 0 Å². The lowest BCUT2D eigenvalue weighted by atomic mass is 9.86. The number of furan rings is 1.